The molecule has 6 heteroatoms. The number of aryl methyl sites for hydroxylation is 2. The zero-order chi connectivity index (χ0) is 17.9. The van der Waals surface area contributed by atoms with E-state index in [2.05, 4.69) is 34.7 Å². The van der Waals surface area contributed by atoms with Gasteiger partial charge in [0.05, 0.1) is 15.2 Å². The lowest BCUT2D eigenvalue weighted by Crippen LogP contribution is -2.39. The molecule has 1 atom stereocenters. The van der Waals surface area contributed by atoms with Gasteiger partial charge in [0, 0.05) is 50.8 Å². The van der Waals surface area contributed by atoms with Crippen LogP contribution in [0.3, 0.4) is 0 Å². The fourth-order valence-electron chi connectivity index (χ4n) is 3.70. The molecular weight excluding hydrogens is 344 g/mol. The topological polar surface area (TPSA) is 51.0 Å². The SMILES string of the molecule is CCc1nccn1CCC(=O)N1CCC[C@H](c2nc3ccccc3s2)C1. The number of carbonyl (C=O) groups is 1. The molecule has 1 aliphatic heterocycles. The maximum absolute atomic E-state index is 12.7. The average Bonchev–Trinajstić information content (AvgIpc) is 3.32. The van der Waals surface area contributed by atoms with Crippen LogP contribution in [0.5, 0.6) is 0 Å². The number of thiazole rings is 1. The van der Waals surface area contributed by atoms with Crippen LogP contribution in [0.25, 0.3) is 10.2 Å². The fraction of sp³-hybridized carbons (Fsp3) is 0.450. The Hall–Kier alpha value is -2.21. The van der Waals surface area contributed by atoms with Gasteiger partial charge < -0.3 is 9.47 Å². The standard InChI is InChI=1S/C20H24N4OS/c1-2-18-21-10-13-23(18)12-9-19(25)24-11-5-6-15(14-24)20-22-16-7-3-4-8-17(16)26-20/h3-4,7-8,10,13,15H,2,5-6,9,11-12,14H2,1H3/t15-/m0/s1. The van der Waals surface area contributed by atoms with Gasteiger partial charge in [0.2, 0.25) is 5.91 Å². The van der Waals surface area contributed by atoms with E-state index >= 15 is 0 Å². The molecule has 1 aliphatic rings. The molecule has 136 valence electrons. The van der Waals surface area contributed by atoms with Crippen molar-refractivity contribution in [2.75, 3.05) is 13.1 Å². The van der Waals surface area contributed by atoms with Crippen LogP contribution in [0.2, 0.25) is 0 Å². The van der Waals surface area contributed by atoms with Crippen molar-refractivity contribution in [1.29, 1.82) is 0 Å². The molecule has 0 spiro atoms. The summed E-state index contributed by atoms with van der Waals surface area (Å²) in [5.41, 5.74) is 1.07. The van der Waals surface area contributed by atoms with Gasteiger partial charge in [-0.2, -0.15) is 0 Å². The van der Waals surface area contributed by atoms with E-state index in [1.807, 2.05) is 23.4 Å². The predicted molar refractivity (Wildman–Crippen MR) is 104 cm³/mol. The van der Waals surface area contributed by atoms with Crippen LogP contribution >= 0.6 is 11.3 Å². The number of likely N-dealkylation sites (tertiary alicyclic amines) is 1. The molecule has 0 N–H and O–H groups in total. The molecule has 3 heterocycles. The first kappa shape index (κ1) is 17.2. The van der Waals surface area contributed by atoms with Gasteiger partial charge in [-0.25, -0.2) is 9.97 Å². The van der Waals surface area contributed by atoms with E-state index in [0.717, 1.165) is 43.7 Å². The second kappa shape index (κ2) is 7.58. The fourth-order valence-corrected chi connectivity index (χ4v) is 4.80. The van der Waals surface area contributed by atoms with Crippen LogP contribution in [-0.4, -0.2) is 38.4 Å². The minimum Gasteiger partial charge on any atom is -0.342 e. The summed E-state index contributed by atoms with van der Waals surface area (Å²) in [4.78, 5) is 23.9. The summed E-state index contributed by atoms with van der Waals surface area (Å²) in [5.74, 6) is 1.65. The van der Waals surface area contributed by atoms with E-state index in [1.54, 1.807) is 11.3 Å². The summed E-state index contributed by atoms with van der Waals surface area (Å²) in [6, 6.07) is 8.28. The number of hydrogen-bond donors (Lipinski definition) is 0. The molecule has 0 bridgehead atoms. The number of nitrogens with zero attached hydrogens (tertiary/aromatic N) is 4. The minimum atomic E-state index is 0.242. The summed E-state index contributed by atoms with van der Waals surface area (Å²) in [5, 5.41) is 1.17. The van der Waals surface area contributed by atoms with Gasteiger partial charge in [0.1, 0.15) is 5.82 Å². The van der Waals surface area contributed by atoms with Crippen LogP contribution < -0.4 is 0 Å². The minimum absolute atomic E-state index is 0.242. The third kappa shape index (κ3) is 3.51. The lowest BCUT2D eigenvalue weighted by Gasteiger charge is -2.32. The first-order valence-electron chi connectivity index (χ1n) is 9.38. The first-order chi connectivity index (χ1) is 12.7. The molecule has 1 saturated heterocycles. The third-order valence-corrected chi connectivity index (χ3v) is 6.32. The average molecular weight is 369 g/mol. The lowest BCUT2D eigenvalue weighted by atomic mass is 9.98. The van der Waals surface area contributed by atoms with Crippen molar-refractivity contribution in [3.63, 3.8) is 0 Å². The molecule has 0 aliphatic carbocycles. The number of piperidine rings is 1. The molecule has 1 aromatic carbocycles. The first-order valence-corrected chi connectivity index (χ1v) is 10.2. The third-order valence-electron chi connectivity index (χ3n) is 5.12. The molecule has 5 nitrogen and oxygen atoms in total. The van der Waals surface area contributed by atoms with Crippen LogP contribution in [0.4, 0.5) is 0 Å². The van der Waals surface area contributed by atoms with Crippen molar-refractivity contribution < 1.29 is 4.79 Å². The van der Waals surface area contributed by atoms with E-state index in [9.17, 15) is 4.79 Å². The second-order valence-electron chi connectivity index (χ2n) is 6.84. The molecule has 2 aromatic heterocycles. The lowest BCUT2D eigenvalue weighted by molar-refractivity contribution is -0.132. The van der Waals surface area contributed by atoms with Crippen LogP contribution in [0.1, 0.15) is 42.9 Å². The molecule has 4 rings (SSSR count). The monoisotopic (exact) mass is 368 g/mol. The highest BCUT2D eigenvalue weighted by Gasteiger charge is 2.26. The van der Waals surface area contributed by atoms with Gasteiger partial charge in [-0.3, -0.25) is 4.79 Å². The van der Waals surface area contributed by atoms with Crippen molar-refractivity contribution in [1.82, 2.24) is 19.4 Å². The van der Waals surface area contributed by atoms with Crippen LogP contribution in [-0.2, 0) is 17.8 Å². The van der Waals surface area contributed by atoms with Crippen molar-refractivity contribution in [3.8, 4) is 0 Å². The number of benzene rings is 1. The largest absolute Gasteiger partial charge is 0.342 e. The maximum Gasteiger partial charge on any atom is 0.224 e. The normalized spacial score (nSPS) is 17.7. The van der Waals surface area contributed by atoms with E-state index in [4.69, 9.17) is 4.98 Å². The molecule has 3 aromatic rings. The predicted octanol–water partition coefficient (Wildman–Crippen LogP) is 3.85. The molecular formula is C20H24N4OS. The van der Waals surface area contributed by atoms with E-state index in [-0.39, 0.29) is 5.91 Å². The Balaban J connectivity index is 1.40. The van der Waals surface area contributed by atoms with Gasteiger partial charge in [-0.05, 0) is 25.0 Å². The number of carbonyl (C=O) groups excluding carboxylic acids is 1. The van der Waals surface area contributed by atoms with Gasteiger partial charge in [-0.15, -0.1) is 11.3 Å². The molecule has 0 unspecified atom stereocenters. The molecule has 1 fully saturated rings. The Kier molecular flexibility index (Phi) is 5.02. The number of hydrogen-bond acceptors (Lipinski definition) is 4. The smallest absolute Gasteiger partial charge is 0.224 e. The summed E-state index contributed by atoms with van der Waals surface area (Å²) < 4.78 is 3.32. The highest BCUT2D eigenvalue weighted by molar-refractivity contribution is 7.18. The number of para-hydroxylation sites is 1. The number of fused-ring (bicyclic) bond motifs is 1. The van der Waals surface area contributed by atoms with Gasteiger partial charge in [0.15, 0.2) is 0 Å². The highest BCUT2D eigenvalue weighted by Crippen LogP contribution is 2.33. The summed E-state index contributed by atoms with van der Waals surface area (Å²) in [7, 11) is 0. The Bertz CT molecular complexity index is 867. The van der Waals surface area contributed by atoms with Crippen molar-refractivity contribution >= 4 is 27.5 Å². The molecule has 0 radical (unpaired) electrons. The summed E-state index contributed by atoms with van der Waals surface area (Å²) in [6.07, 6.45) is 7.38. The quantitative estimate of drug-likeness (QED) is 0.687. The van der Waals surface area contributed by atoms with Gasteiger partial charge in [0.25, 0.3) is 0 Å². The van der Waals surface area contributed by atoms with Crippen molar-refractivity contribution in [2.45, 2.75) is 45.1 Å². The van der Waals surface area contributed by atoms with Crippen LogP contribution in [0, 0.1) is 0 Å². The molecule has 0 saturated carbocycles. The summed E-state index contributed by atoms with van der Waals surface area (Å²) >= 11 is 1.77. The Morgan fingerprint density at radius 2 is 2.23 bits per heavy atom. The van der Waals surface area contributed by atoms with Gasteiger partial charge in [-0.1, -0.05) is 19.1 Å². The zero-order valence-corrected chi connectivity index (χ0v) is 15.9. The van der Waals surface area contributed by atoms with Crippen molar-refractivity contribution in [2.24, 2.45) is 0 Å². The van der Waals surface area contributed by atoms with E-state index < -0.39 is 0 Å². The van der Waals surface area contributed by atoms with Crippen molar-refractivity contribution in [3.05, 3.63) is 47.5 Å². The zero-order valence-electron chi connectivity index (χ0n) is 15.1. The maximum atomic E-state index is 12.7. The molecule has 1 amide bonds. The number of imidazole rings is 1. The highest BCUT2D eigenvalue weighted by atomic mass is 32.1. The number of rotatable bonds is 5. The second-order valence-corrected chi connectivity index (χ2v) is 7.90. The Morgan fingerprint density at radius 3 is 3.08 bits per heavy atom. The Morgan fingerprint density at radius 1 is 1.35 bits per heavy atom. The van der Waals surface area contributed by atoms with E-state index in [0.29, 0.717) is 18.9 Å². The number of amides is 1. The van der Waals surface area contributed by atoms with E-state index in [1.165, 1.54) is 9.71 Å². The van der Waals surface area contributed by atoms with Gasteiger partial charge >= 0.3 is 0 Å². The molecule has 26 heavy (non-hydrogen) atoms. The number of aromatic nitrogens is 3. The summed E-state index contributed by atoms with van der Waals surface area (Å²) in [6.45, 7) is 4.46. The Labute approximate surface area is 157 Å². The van der Waals surface area contributed by atoms with Crippen LogP contribution in [0.15, 0.2) is 36.7 Å².